The summed E-state index contributed by atoms with van der Waals surface area (Å²) in [6, 6.07) is 13.9. The lowest BCUT2D eigenvalue weighted by Crippen LogP contribution is -2.40. The van der Waals surface area contributed by atoms with Gasteiger partial charge in [-0.05, 0) is 29.2 Å². The summed E-state index contributed by atoms with van der Waals surface area (Å²) in [6.45, 7) is 3.96. The van der Waals surface area contributed by atoms with Gasteiger partial charge in [0.15, 0.2) is 0 Å². The van der Waals surface area contributed by atoms with E-state index in [1.807, 2.05) is 38.1 Å². The smallest absolute Gasteiger partial charge is 0.0834 e. The van der Waals surface area contributed by atoms with Crippen LogP contribution in [-0.4, -0.2) is 10.7 Å². The number of fused-ring (bicyclic) bond motifs is 1. The van der Waals surface area contributed by atoms with E-state index in [1.54, 1.807) is 0 Å². The van der Waals surface area contributed by atoms with E-state index in [4.69, 9.17) is 5.73 Å². The van der Waals surface area contributed by atoms with Gasteiger partial charge in [0.05, 0.1) is 11.6 Å². The van der Waals surface area contributed by atoms with E-state index < -0.39 is 5.60 Å². The van der Waals surface area contributed by atoms with Crippen LogP contribution in [0.5, 0.6) is 0 Å². The molecule has 1 unspecified atom stereocenters. The topological polar surface area (TPSA) is 46.2 Å². The van der Waals surface area contributed by atoms with Gasteiger partial charge in [-0.15, -0.1) is 0 Å². The fourth-order valence-corrected chi connectivity index (χ4v) is 2.50. The molecule has 0 amide bonds. The summed E-state index contributed by atoms with van der Waals surface area (Å²) in [6.07, 6.45) is 1.32. The molecule has 0 fully saturated rings. The molecule has 1 atom stereocenters. The van der Waals surface area contributed by atoms with Gasteiger partial charge in [0.25, 0.3) is 0 Å². The molecule has 0 heterocycles. The van der Waals surface area contributed by atoms with E-state index in [0.717, 1.165) is 10.9 Å². The molecule has 0 aliphatic heterocycles. The van der Waals surface area contributed by atoms with Crippen molar-refractivity contribution in [1.29, 1.82) is 0 Å². The molecule has 2 aromatic carbocycles. The first-order valence-corrected chi connectivity index (χ1v) is 6.58. The van der Waals surface area contributed by atoms with Crippen molar-refractivity contribution < 1.29 is 5.11 Å². The van der Waals surface area contributed by atoms with Crippen molar-refractivity contribution in [3.8, 4) is 0 Å². The molecule has 2 rings (SSSR count). The zero-order valence-electron chi connectivity index (χ0n) is 11.1. The van der Waals surface area contributed by atoms with Crippen LogP contribution in [0.25, 0.3) is 10.8 Å². The van der Waals surface area contributed by atoms with Gasteiger partial charge in [-0.3, -0.25) is 0 Å². The van der Waals surface area contributed by atoms with Crippen LogP contribution in [0.4, 0.5) is 0 Å². The quantitative estimate of drug-likeness (QED) is 0.864. The van der Waals surface area contributed by atoms with Crippen LogP contribution < -0.4 is 5.73 Å². The van der Waals surface area contributed by atoms with Gasteiger partial charge in [0.1, 0.15) is 0 Å². The molecule has 0 saturated carbocycles. The highest BCUT2D eigenvalue weighted by atomic mass is 16.3. The maximum absolute atomic E-state index is 10.6. The Bertz CT molecular complexity index is 526. The van der Waals surface area contributed by atoms with Crippen LogP contribution in [0.1, 0.15) is 38.3 Å². The lowest BCUT2D eigenvalue weighted by atomic mass is 9.83. The predicted octanol–water partition coefficient (Wildman–Crippen LogP) is 3.39. The third-order valence-corrected chi connectivity index (χ3v) is 3.96. The second kappa shape index (κ2) is 5.09. The monoisotopic (exact) mass is 243 g/mol. The van der Waals surface area contributed by atoms with Crippen molar-refractivity contribution in [2.24, 2.45) is 5.73 Å². The molecule has 0 bridgehead atoms. The van der Waals surface area contributed by atoms with Crippen molar-refractivity contribution >= 4 is 10.8 Å². The van der Waals surface area contributed by atoms with Crippen LogP contribution in [0.15, 0.2) is 42.5 Å². The number of benzene rings is 2. The SMILES string of the molecule is CCC(O)(CC)C(N)c1cccc2ccccc12. The average molecular weight is 243 g/mol. The lowest BCUT2D eigenvalue weighted by Gasteiger charge is -2.33. The minimum atomic E-state index is -0.829. The van der Waals surface area contributed by atoms with Crippen LogP contribution in [-0.2, 0) is 0 Å². The summed E-state index contributed by atoms with van der Waals surface area (Å²) in [4.78, 5) is 0. The van der Waals surface area contributed by atoms with Crippen molar-refractivity contribution in [1.82, 2.24) is 0 Å². The van der Waals surface area contributed by atoms with Crippen LogP contribution in [0.2, 0.25) is 0 Å². The van der Waals surface area contributed by atoms with Crippen molar-refractivity contribution in [3.05, 3.63) is 48.0 Å². The highest BCUT2D eigenvalue weighted by Gasteiger charge is 2.32. The molecule has 0 aliphatic carbocycles. The minimum absolute atomic E-state index is 0.349. The second-order valence-electron chi connectivity index (χ2n) is 4.86. The number of rotatable bonds is 4. The second-order valence-corrected chi connectivity index (χ2v) is 4.86. The zero-order valence-corrected chi connectivity index (χ0v) is 11.1. The molecule has 96 valence electrons. The zero-order chi connectivity index (χ0) is 13.2. The van der Waals surface area contributed by atoms with E-state index >= 15 is 0 Å². The lowest BCUT2D eigenvalue weighted by molar-refractivity contribution is 0.00609. The molecular weight excluding hydrogens is 222 g/mol. The van der Waals surface area contributed by atoms with Crippen molar-refractivity contribution in [2.45, 2.75) is 38.3 Å². The predicted molar refractivity (Wildman–Crippen MR) is 76.4 cm³/mol. The van der Waals surface area contributed by atoms with Gasteiger partial charge in [-0.25, -0.2) is 0 Å². The molecule has 18 heavy (non-hydrogen) atoms. The highest BCUT2D eigenvalue weighted by Crippen LogP contribution is 2.33. The van der Waals surface area contributed by atoms with Gasteiger partial charge in [0, 0.05) is 0 Å². The van der Waals surface area contributed by atoms with Crippen LogP contribution >= 0.6 is 0 Å². The van der Waals surface area contributed by atoms with E-state index in [0.29, 0.717) is 12.8 Å². The molecule has 0 aromatic heterocycles. The summed E-state index contributed by atoms with van der Waals surface area (Å²) < 4.78 is 0. The third-order valence-electron chi connectivity index (χ3n) is 3.96. The number of nitrogens with two attached hydrogens (primary N) is 1. The van der Waals surface area contributed by atoms with E-state index in [9.17, 15) is 5.11 Å². The fraction of sp³-hybridized carbons (Fsp3) is 0.375. The van der Waals surface area contributed by atoms with Crippen LogP contribution in [0.3, 0.4) is 0 Å². The first-order chi connectivity index (χ1) is 8.62. The Morgan fingerprint density at radius 3 is 2.33 bits per heavy atom. The minimum Gasteiger partial charge on any atom is -0.388 e. The number of hydrogen-bond acceptors (Lipinski definition) is 2. The van der Waals surface area contributed by atoms with Crippen molar-refractivity contribution in [2.75, 3.05) is 0 Å². The van der Waals surface area contributed by atoms with Crippen LogP contribution in [0, 0.1) is 0 Å². The van der Waals surface area contributed by atoms with Crippen molar-refractivity contribution in [3.63, 3.8) is 0 Å². The number of hydrogen-bond donors (Lipinski definition) is 2. The Hall–Kier alpha value is -1.38. The molecule has 2 heteroatoms. The highest BCUT2D eigenvalue weighted by molar-refractivity contribution is 5.86. The average Bonchev–Trinajstić information content (AvgIpc) is 2.45. The first-order valence-electron chi connectivity index (χ1n) is 6.58. The molecular formula is C16H21NO. The maximum Gasteiger partial charge on any atom is 0.0834 e. The third kappa shape index (κ3) is 2.14. The summed E-state index contributed by atoms with van der Waals surface area (Å²) in [7, 11) is 0. The van der Waals surface area contributed by atoms with E-state index in [1.165, 1.54) is 5.39 Å². The first kappa shape index (κ1) is 13.1. The van der Waals surface area contributed by atoms with Gasteiger partial charge in [0.2, 0.25) is 0 Å². The Kier molecular flexibility index (Phi) is 3.69. The molecule has 0 radical (unpaired) electrons. The summed E-state index contributed by atoms with van der Waals surface area (Å²) in [5.74, 6) is 0. The number of aliphatic hydroxyl groups is 1. The van der Waals surface area contributed by atoms with Gasteiger partial charge >= 0.3 is 0 Å². The Labute approximate surface area is 108 Å². The normalized spacial score (nSPS) is 13.8. The largest absolute Gasteiger partial charge is 0.388 e. The Morgan fingerprint density at radius 1 is 1.06 bits per heavy atom. The molecule has 0 aliphatic rings. The standard InChI is InChI=1S/C16H21NO/c1-3-16(18,4-2)15(17)14-11-7-9-12-8-5-6-10-13(12)14/h5-11,15,18H,3-4,17H2,1-2H3. The van der Waals surface area contributed by atoms with E-state index in [-0.39, 0.29) is 6.04 Å². The van der Waals surface area contributed by atoms with E-state index in [2.05, 4.69) is 18.2 Å². The van der Waals surface area contributed by atoms with Gasteiger partial charge in [-0.1, -0.05) is 56.3 Å². The molecule has 2 nitrogen and oxygen atoms in total. The maximum atomic E-state index is 10.6. The fourth-order valence-electron chi connectivity index (χ4n) is 2.50. The molecule has 0 saturated heterocycles. The van der Waals surface area contributed by atoms with Gasteiger partial charge in [-0.2, -0.15) is 0 Å². The molecule has 3 N–H and O–H groups in total. The Balaban J connectivity index is 2.54. The summed E-state index contributed by atoms with van der Waals surface area (Å²) >= 11 is 0. The summed E-state index contributed by atoms with van der Waals surface area (Å²) in [5.41, 5.74) is 6.51. The van der Waals surface area contributed by atoms with Gasteiger partial charge < -0.3 is 10.8 Å². The Morgan fingerprint density at radius 2 is 1.67 bits per heavy atom. The molecule has 2 aromatic rings. The molecule has 0 spiro atoms. The summed E-state index contributed by atoms with van der Waals surface area (Å²) in [5, 5.41) is 12.9.